The Kier molecular flexibility index (Phi) is 7.41. The van der Waals surface area contributed by atoms with Crippen molar-refractivity contribution in [2.75, 3.05) is 6.61 Å². The average Bonchev–Trinajstić information content (AvgIpc) is 2.77. The summed E-state index contributed by atoms with van der Waals surface area (Å²) in [7, 11) is 0. The van der Waals surface area contributed by atoms with Gasteiger partial charge in [0, 0.05) is 12.0 Å². The number of Topliss-reactive ketones (excluding diaryl/α,β-unsaturated/α-hetero) is 1. The van der Waals surface area contributed by atoms with Gasteiger partial charge in [0.05, 0.1) is 12.5 Å². The second-order valence-electron chi connectivity index (χ2n) is 6.13. The largest absolute Gasteiger partial charge is 0.466 e. The fourth-order valence-electron chi connectivity index (χ4n) is 2.62. The zero-order chi connectivity index (χ0) is 15.8. The summed E-state index contributed by atoms with van der Waals surface area (Å²) in [6, 6.07) is 0. The molecule has 0 aromatic carbocycles. The smallest absolute Gasteiger partial charge is 0.313 e. The van der Waals surface area contributed by atoms with Crippen molar-refractivity contribution in [3.05, 3.63) is 23.3 Å². The number of rotatable bonds is 7. The number of hydrogen-bond donors (Lipinski definition) is 0. The molecule has 2 atom stereocenters. The van der Waals surface area contributed by atoms with Crippen molar-refractivity contribution in [2.45, 2.75) is 59.8 Å². The Hall–Kier alpha value is -1.38. The first-order chi connectivity index (χ1) is 9.95. The zero-order valence-electron chi connectivity index (χ0n) is 13.8. The lowest BCUT2D eigenvalue weighted by molar-refractivity contribution is -0.146. The van der Waals surface area contributed by atoms with Crippen LogP contribution in [0.3, 0.4) is 0 Å². The molecular formula is C18H28O3. The van der Waals surface area contributed by atoms with E-state index < -0.39 is 0 Å². The third-order valence-electron chi connectivity index (χ3n) is 3.88. The highest BCUT2D eigenvalue weighted by molar-refractivity contribution is 6.03. The van der Waals surface area contributed by atoms with E-state index in [0.29, 0.717) is 30.9 Å². The first-order valence-corrected chi connectivity index (χ1v) is 7.99. The molecule has 1 aliphatic rings. The molecule has 0 amide bonds. The lowest BCUT2D eigenvalue weighted by Gasteiger charge is -2.12. The summed E-state index contributed by atoms with van der Waals surface area (Å²) >= 11 is 0. The molecule has 3 nitrogen and oxygen atoms in total. The molecule has 3 heteroatoms. The van der Waals surface area contributed by atoms with Crippen LogP contribution in [0.25, 0.3) is 0 Å². The fraction of sp³-hybridized carbons (Fsp3) is 0.667. The monoisotopic (exact) mass is 292 g/mol. The topological polar surface area (TPSA) is 43.4 Å². The van der Waals surface area contributed by atoms with Crippen molar-refractivity contribution in [1.29, 1.82) is 0 Å². The highest BCUT2D eigenvalue weighted by Gasteiger charge is 2.34. The standard InChI is InChI=1S/C18H28O3/c1-5-21-18(20)16-11-12-17(19)15(16)10-9-14(4)8-6-7-13(2)3/h7,10,14,16H,5-6,8-9,11-12H2,1-4H3/b15-10-/t14-,16?/m1/s1. The van der Waals surface area contributed by atoms with Gasteiger partial charge in [0.2, 0.25) is 0 Å². The lowest BCUT2D eigenvalue weighted by Crippen LogP contribution is -2.17. The van der Waals surface area contributed by atoms with E-state index in [-0.39, 0.29) is 17.7 Å². The predicted molar refractivity (Wildman–Crippen MR) is 84.9 cm³/mol. The third kappa shape index (κ3) is 5.86. The fourth-order valence-corrected chi connectivity index (χ4v) is 2.62. The van der Waals surface area contributed by atoms with Crippen LogP contribution in [-0.2, 0) is 14.3 Å². The number of allylic oxidation sites excluding steroid dienone is 3. The van der Waals surface area contributed by atoms with E-state index in [2.05, 4.69) is 26.8 Å². The first kappa shape index (κ1) is 17.7. The molecule has 21 heavy (non-hydrogen) atoms. The van der Waals surface area contributed by atoms with Crippen LogP contribution in [0.1, 0.15) is 59.8 Å². The molecule has 118 valence electrons. The van der Waals surface area contributed by atoms with E-state index in [1.165, 1.54) is 5.57 Å². The Morgan fingerprint density at radius 1 is 1.43 bits per heavy atom. The molecule has 0 aromatic rings. The van der Waals surface area contributed by atoms with E-state index in [9.17, 15) is 9.59 Å². The van der Waals surface area contributed by atoms with E-state index >= 15 is 0 Å². The van der Waals surface area contributed by atoms with Crippen molar-refractivity contribution < 1.29 is 14.3 Å². The average molecular weight is 292 g/mol. The van der Waals surface area contributed by atoms with Crippen molar-refractivity contribution in [2.24, 2.45) is 11.8 Å². The summed E-state index contributed by atoms with van der Waals surface area (Å²) in [4.78, 5) is 23.8. The number of esters is 1. The minimum atomic E-state index is -0.331. The molecule has 1 aliphatic carbocycles. The zero-order valence-corrected chi connectivity index (χ0v) is 13.8. The van der Waals surface area contributed by atoms with E-state index in [1.54, 1.807) is 6.92 Å². The van der Waals surface area contributed by atoms with Gasteiger partial charge in [-0.2, -0.15) is 0 Å². The number of ether oxygens (including phenoxy) is 1. The number of ketones is 1. The molecule has 0 aliphatic heterocycles. The normalized spacial score (nSPS) is 21.4. The molecule has 1 unspecified atom stereocenters. The van der Waals surface area contributed by atoms with Gasteiger partial charge >= 0.3 is 5.97 Å². The molecule has 0 saturated heterocycles. The maximum Gasteiger partial charge on any atom is 0.313 e. The van der Waals surface area contributed by atoms with E-state index in [0.717, 1.165) is 19.3 Å². The van der Waals surface area contributed by atoms with Crippen LogP contribution in [0.15, 0.2) is 23.3 Å². The predicted octanol–water partition coefficient (Wildman–Crippen LogP) is 4.23. The van der Waals surface area contributed by atoms with Crippen LogP contribution in [0.4, 0.5) is 0 Å². The van der Waals surface area contributed by atoms with Gasteiger partial charge in [-0.15, -0.1) is 0 Å². The van der Waals surface area contributed by atoms with Crippen LogP contribution >= 0.6 is 0 Å². The van der Waals surface area contributed by atoms with Gasteiger partial charge in [-0.3, -0.25) is 9.59 Å². The minimum Gasteiger partial charge on any atom is -0.466 e. The maximum absolute atomic E-state index is 11.9. The van der Waals surface area contributed by atoms with Gasteiger partial charge in [-0.25, -0.2) is 0 Å². The molecular weight excluding hydrogens is 264 g/mol. The molecule has 0 aromatic heterocycles. The van der Waals surface area contributed by atoms with Crippen LogP contribution in [0.5, 0.6) is 0 Å². The van der Waals surface area contributed by atoms with Gasteiger partial charge in [0.25, 0.3) is 0 Å². The van der Waals surface area contributed by atoms with Crippen LogP contribution in [-0.4, -0.2) is 18.4 Å². The number of hydrogen-bond acceptors (Lipinski definition) is 3. The summed E-state index contributed by atoms with van der Waals surface area (Å²) in [6.07, 6.45) is 8.33. The Morgan fingerprint density at radius 2 is 2.14 bits per heavy atom. The summed E-state index contributed by atoms with van der Waals surface area (Å²) in [6.45, 7) is 8.57. The quantitative estimate of drug-likeness (QED) is 0.401. The highest BCUT2D eigenvalue weighted by atomic mass is 16.5. The van der Waals surface area contributed by atoms with Gasteiger partial charge < -0.3 is 4.74 Å². The van der Waals surface area contributed by atoms with Crippen LogP contribution in [0.2, 0.25) is 0 Å². The van der Waals surface area contributed by atoms with Gasteiger partial charge in [0.1, 0.15) is 0 Å². The SMILES string of the molecule is CCOC(=O)C1CCC(=O)/C1=C\C[C@H](C)CCC=C(C)C. The summed E-state index contributed by atoms with van der Waals surface area (Å²) < 4.78 is 5.06. The van der Waals surface area contributed by atoms with Gasteiger partial charge in [-0.05, 0) is 52.4 Å². The molecule has 0 bridgehead atoms. The Morgan fingerprint density at radius 3 is 2.76 bits per heavy atom. The Labute approximate surface area is 128 Å². The van der Waals surface area contributed by atoms with Gasteiger partial charge in [0.15, 0.2) is 5.78 Å². The molecule has 0 N–H and O–H groups in total. The van der Waals surface area contributed by atoms with Crippen molar-refractivity contribution in [1.82, 2.24) is 0 Å². The van der Waals surface area contributed by atoms with E-state index in [1.807, 2.05) is 6.08 Å². The molecule has 0 spiro atoms. The van der Waals surface area contributed by atoms with Crippen molar-refractivity contribution in [3.8, 4) is 0 Å². The van der Waals surface area contributed by atoms with Gasteiger partial charge in [-0.1, -0.05) is 24.6 Å². The lowest BCUT2D eigenvalue weighted by atomic mass is 9.96. The Balaban J connectivity index is 2.57. The molecule has 1 saturated carbocycles. The molecule has 1 rings (SSSR count). The third-order valence-corrected chi connectivity index (χ3v) is 3.88. The summed E-state index contributed by atoms with van der Waals surface area (Å²) in [5, 5.41) is 0. The number of carbonyl (C=O) groups is 2. The summed E-state index contributed by atoms with van der Waals surface area (Å²) in [5.41, 5.74) is 2.02. The minimum absolute atomic E-state index is 0.115. The van der Waals surface area contributed by atoms with Crippen LogP contribution < -0.4 is 0 Å². The second kappa shape index (κ2) is 8.81. The second-order valence-corrected chi connectivity index (χ2v) is 6.13. The molecule has 1 fully saturated rings. The number of carbonyl (C=O) groups excluding carboxylic acids is 2. The summed E-state index contributed by atoms with van der Waals surface area (Å²) in [5.74, 6) is 0.0584. The van der Waals surface area contributed by atoms with E-state index in [4.69, 9.17) is 4.74 Å². The molecule has 0 radical (unpaired) electrons. The van der Waals surface area contributed by atoms with Crippen molar-refractivity contribution in [3.63, 3.8) is 0 Å². The van der Waals surface area contributed by atoms with Crippen molar-refractivity contribution >= 4 is 11.8 Å². The Bertz CT molecular complexity index is 428. The first-order valence-electron chi connectivity index (χ1n) is 7.99. The maximum atomic E-state index is 11.9. The molecule has 0 heterocycles. The highest BCUT2D eigenvalue weighted by Crippen LogP contribution is 2.30. The van der Waals surface area contributed by atoms with Crippen LogP contribution in [0, 0.1) is 11.8 Å².